The van der Waals surface area contributed by atoms with Gasteiger partial charge >= 0.3 is 17.9 Å². The maximum atomic E-state index is 13.2. The largest absolute Gasteiger partial charge is 0.480 e. The number of carboxylic acids is 2. The van der Waals surface area contributed by atoms with E-state index < -0.39 is 53.0 Å². The molecule has 0 spiro atoms. The molecule has 0 radical (unpaired) electrons. The van der Waals surface area contributed by atoms with Gasteiger partial charge in [-0.15, -0.1) is 0 Å². The second-order valence-corrected chi connectivity index (χ2v) is 23.2. The first-order valence-electron chi connectivity index (χ1n) is 25.5. The average Bonchev–Trinajstić information content (AvgIpc) is 3.74. The lowest BCUT2D eigenvalue weighted by Gasteiger charge is -2.37. The highest BCUT2D eigenvalue weighted by molar-refractivity contribution is 8.04. The molecule has 1 aromatic carbocycles. The molecule has 1 saturated carbocycles. The summed E-state index contributed by atoms with van der Waals surface area (Å²) in [5.74, 6) is -3.48. The van der Waals surface area contributed by atoms with Gasteiger partial charge in [-0.2, -0.15) is 28.5 Å². The summed E-state index contributed by atoms with van der Waals surface area (Å²) in [7, 11) is 0. The number of esters is 1. The fourth-order valence-corrected chi connectivity index (χ4v) is 11.3. The summed E-state index contributed by atoms with van der Waals surface area (Å²) in [6.45, 7) is 15.9. The summed E-state index contributed by atoms with van der Waals surface area (Å²) in [5.41, 5.74) is 6.39. The van der Waals surface area contributed by atoms with Crippen LogP contribution in [0.2, 0.25) is 0 Å². The van der Waals surface area contributed by atoms with E-state index in [0.29, 0.717) is 49.1 Å². The van der Waals surface area contributed by atoms with Gasteiger partial charge in [-0.05, 0) is 82.1 Å². The lowest BCUT2D eigenvalue weighted by molar-refractivity contribution is -0.146. The highest BCUT2D eigenvalue weighted by Crippen LogP contribution is 2.40. The summed E-state index contributed by atoms with van der Waals surface area (Å²) < 4.78 is 16.8. The Bertz CT molecular complexity index is 2460. The number of nitrogens with zero attached hydrogens (tertiary/aromatic N) is 1. The maximum absolute atomic E-state index is 13.2. The Balaban J connectivity index is 1.08. The quantitative estimate of drug-likeness (QED) is 0.0291. The van der Waals surface area contributed by atoms with Crippen molar-refractivity contribution in [3.63, 3.8) is 0 Å². The highest BCUT2D eigenvalue weighted by Gasteiger charge is 2.35. The maximum Gasteiger partial charge on any atom is 0.327 e. The molecule has 2 aromatic heterocycles. The van der Waals surface area contributed by atoms with Crippen LogP contribution in [0.4, 0.5) is 5.95 Å². The van der Waals surface area contributed by atoms with Crippen molar-refractivity contribution in [3.8, 4) is 0 Å². The lowest BCUT2D eigenvalue weighted by Crippen LogP contribution is -2.50. The molecule has 23 heteroatoms. The predicted molar refractivity (Wildman–Crippen MR) is 289 cm³/mol. The Kier molecular flexibility index (Phi) is 24.6. The second kappa shape index (κ2) is 29.7. The van der Waals surface area contributed by atoms with E-state index in [2.05, 4.69) is 36.2 Å². The first-order chi connectivity index (χ1) is 35.3. The summed E-state index contributed by atoms with van der Waals surface area (Å²) in [4.78, 5) is 110. The third-order valence-electron chi connectivity index (χ3n) is 12.8. The number of fused-ring (bicyclic) bond motifs is 1. The number of nitrogens with one attached hydrogen (secondary N) is 6. The molecular weight excluding hydrogens is 1010 g/mol. The zero-order valence-electron chi connectivity index (χ0n) is 44.5. The van der Waals surface area contributed by atoms with Crippen LogP contribution in [0.25, 0.3) is 11.0 Å². The number of carboxylic acid groups (broad SMARTS) is 2. The highest BCUT2D eigenvalue weighted by atomic mass is 32.2. The standard InChI is InChI=1S/C52H78N8O13S2/c1-30(2)43(63)51(5,6)21-23-73-52(7,8)20-19-40(61)57-37(49(69)70)29-75-39-17-16-38(39)74-28-36(56-31(3)4)46(65)54-22-24-71-25-26-72-41(62)18-15-35(48(67)68)58-45(64)33-12-9-32(10-13-33)11-14-34-27-55-44-42(34)47(66)60-50(53)59-44/h9-10,12-13,27,30-31,35-39,56H,11,14-26,28-29H2,1-8H3,(H,54,65)(H,57,61)(H,58,64)(H,67,68)(H,69,70)(H4,53,55,59,60,66). The Labute approximate surface area is 446 Å². The van der Waals surface area contributed by atoms with Crippen molar-refractivity contribution < 1.29 is 58.0 Å². The number of amides is 3. The van der Waals surface area contributed by atoms with E-state index in [1.165, 1.54) is 11.8 Å². The molecule has 5 atom stereocenters. The fraction of sp³-hybridized carbons (Fsp3) is 0.635. The van der Waals surface area contributed by atoms with Crippen molar-refractivity contribution in [1.82, 2.24) is 36.2 Å². The van der Waals surface area contributed by atoms with E-state index in [1.54, 1.807) is 42.2 Å². The summed E-state index contributed by atoms with van der Waals surface area (Å²) >= 11 is 3.16. The molecule has 10 N–H and O–H groups in total. The minimum atomic E-state index is -1.35. The van der Waals surface area contributed by atoms with E-state index in [4.69, 9.17) is 19.9 Å². The molecule has 1 aliphatic rings. The second-order valence-electron chi connectivity index (χ2n) is 20.6. The number of hydrogen-bond acceptors (Lipinski definition) is 16. The number of aromatic nitrogens is 3. The Morgan fingerprint density at radius 3 is 2.09 bits per heavy atom. The van der Waals surface area contributed by atoms with E-state index >= 15 is 0 Å². The van der Waals surface area contributed by atoms with E-state index in [9.17, 15) is 48.6 Å². The number of aryl methyl sites for hydroxylation is 2. The topological polar surface area (TPSA) is 323 Å². The van der Waals surface area contributed by atoms with Crippen LogP contribution < -0.4 is 32.6 Å². The van der Waals surface area contributed by atoms with Crippen LogP contribution in [0.3, 0.4) is 0 Å². The Morgan fingerprint density at radius 2 is 1.48 bits per heavy atom. The van der Waals surface area contributed by atoms with Crippen LogP contribution in [0, 0.1) is 11.3 Å². The minimum Gasteiger partial charge on any atom is -0.480 e. The molecule has 1 fully saturated rings. The summed E-state index contributed by atoms with van der Waals surface area (Å²) in [6.07, 6.45) is 5.14. The molecule has 5 unspecified atom stereocenters. The van der Waals surface area contributed by atoms with Crippen molar-refractivity contribution in [1.29, 1.82) is 0 Å². The Morgan fingerprint density at radius 1 is 0.827 bits per heavy atom. The molecule has 3 aromatic rings. The molecule has 0 bridgehead atoms. The number of ether oxygens (including phenoxy) is 3. The number of thioether (sulfide) groups is 2. The number of Topliss-reactive ketones (excluding diaryl/α,β-unsaturated/α-hetero) is 1. The van der Waals surface area contributed by atoms with Crippen LogP contribution >= 0.6 is 23.5 Å². The van der Waals surface area contributed by atoms with Gasteiger partial charge in [0, 0.05) is 77.1 Å². The SMILES string of the molecule is CC(C)NC(CSC1CCC1SCC(NC(=O)CCC(C)(C)OCCC(C)(C)C(=O)C(C)C)C(=O)O)C(=O)NCCOCCOC(=O)CCC(NC(=O)c1ccc(CCc2c[nH]c3nc(N)[nH]c(=O)c23)cc1)C(=O)O. The van der Waals surface area contributed by atoms with Crippen LogP contribution in [0.1, 0.15) is 122 Å². The zero-order chi connectivity index (χ0) is 55.5. The van der Waals surface area contributed by atoms with Crippen molar-refractivity contribution in [3.05, 3.63) is 57.5 Å². The molecule has 0 aliphatic heterocycles. The smallest absolute Gasteiger partial charge is 0.327 e. The number of anilines is 1. The Hall–Kier alpha value is -5.49. The third-order valence-corrected chi connectivity index (χ3v) is 16.0. The molecule has 75 heavy (non-hydrogen) atoms. The number of hydrogen-bond donors (Lipinski definition) is 9. The lowest BCUT2D eigenvalue weighted by atomic mass is 9.80. The monoisotopic (exact) mass is 1090 g/mol. The number of carbonyl (C=O) groups is 7. The first-order valence-corrected chi connectivity index (χ1v) is 27.6. The minimum absolute atomic E-state index is 0.0146. The number of H-pyrrole nitrogens is 2. The number of carbonyl (C=O) groups excluding carboxylic acids is 5. The van der Waals surface area contributed by atoms with Crippen molar-refractivity contribution in [2.75, 3.05) is 50.2 Å². The third kappa shape index (κ3) is 20.9. The van der Waals surface area contributed by atoms with Gasteiger partial charge in [-0.3, -0.25) is 33.8 Å². The van der Waals surface area contributed by atoms with E-state index in [-0.39, 0.29) is 109 Å². The van der Waals surface area contributed by atoms with Gasteiger partial charge in [-0.25, -0.2) is 9.59 Å². The molecule has 3 amide bonds. The number of nitrogens with two attached hydrogens (primary N) is 1. The van der Waals surface area contributed by atoms with Crippen LogP contribution in [0.5, 0.6) is 0 Å². The molecule has 0 saturated heterocycles. The van der Waals surface area contributed by atoms with Gasteiger partial charge in [0.1, 0.15) is 30.1 Å². The molecule has 4 rings (SSSR count). The average molecular weight is 1090 g/mol. The van der Waals surface area contributed by atoms with Crippen LogP contribution in [-0.4, -0.2) is 151 Å². The molecule has 2 heterocycles. The number of ketones is 1. The number of nitrogen functional groups attached to an aromatic ring is 1. The van der Waals surface area contributed by atoms with Crippen molar-refractivity contribution in [2.45, 2.75) is 153 Å². The van der Waals surface area contributed by atoms with Gasteiger partial charge < -0.3 is 56.4 Å². The van der Waals surface area contributed by atoms with Gasteiger partial charge in [0.25, 0.3) is 11.5 Å². The van der Waals surface area contributed by atoms with Gasteiger partial charge in [0.15, 0.2) is 0 Å². The van der Waals surface area contributed by atoms with Gasteiger partial charge in [0.05, 0.1) is 30.2 Å². The number of benzene rings is 1. The normalized spacial score (nSPS) is 16.0. The van der Waals surface area contributed by atoms with Gasteiger partial charge in [0.2, 0.25) is 17.8 Å². The van der Waals surface area contributed by atoms with Gasteiger partial charge in [-0.1, -0.05) is 53.7 Å². The number of aliphatic carboxylic acids is 2. The van der Waals surface area contributed by atoms with Crippen LogP contribution in [-0.2, 0) is 55.8 Å². The van der Waals surface area contributed by atoms with Crippen molar-refractivity contribution >= 4 is 81.9 Å². The van der Waals surface area contributed by atoms with E-state index in [0.717, 1.165) is 24.0 Å². The fourth-order valence-electron chi connectivity index (χ4n) is 8.22. The van der Waals surface area contributed by atoms with Crippen LogP contribution in [0.15, 0.2) is 35.3 Å². The molecular formula is C52H78N8O13S2. The molecule has 1 aliphatic carbocycles. The van der Waals surface area contributed by atoms with E-state index in [1.807, 2.05) is 55.4 Å². The molecule has 416 valence electrons. The predicted octanol–water partition coefficient (Wildman–Crippen LogP) is 4.41. The summed E-state index contributed by atoms with van der Waals surface area (Å²) in [6, 6.07) is 3.73. The molecule has 21 nitrogen and oxygen atoms in total. The number of aromatic amines is 2. The number of rotatable bonds is 35. The summed E-state index contributed by atoms with van der Waals surface area (Å²) in [5, 5.41) is 31.8. The van der Waals surface area contributed by atoms with Crippen molar-refractivity contribution in [2.24, 2.45) is 11.3 Å². The first kappa shape index (κ1) is 62.1. The zero-order valence-corrected chi connectivity index (χ0v) is 46.1.